The van der Waals surface area contributed by atoms with Gasteiger partial charge in [-0.3, -0.25) is 9.36 Å². The van der Waals surface area contributed by atoms with E-state index in [2.05, 4.69) is 15.2 Å². The van der Waals surface area contributed by atoms with Gasteiger partial charge in [0.1, 0.15) is 30.3 Å². The van der Waals surface area contributed by atoms with Gasteiger partial charge in [0, 0.05) is 23.7 Å². The van der Waals surface area contributed by atoms with E-state index in [9.17, 15) is 9.59 Å². The number of ether oxygens (including phenoxy) is 2. The van der Waals surface area contributed by atoms with Gasteiger partial charge < -0.3 is 14.3 Å². The molecule has 0 aromatic carbocycles. The summed E-state index contributed by atoms with van der Waals surface area (Å²) in [5, 5.41) is 3.11. The van der Waals surface area contributed by atoms with Crippen LogP contribution >= 0.6 is 0 Å². The van der Waals surface area contributed by atoms with Gasteiger partial charge in [0.05, 0.1) is 5.41 Å². The molecule has 1 aliphatic rings. The molecule has 0 saturated carbocycles. The van der Waals surface area contributed by atoms with Crippen LogP contribution in [0.5, 0.6) is 0 Å². The number of esters is 1. The summed E-state index contributed by atoms with van der Waals surface area (Å²) in [7, 11) is 0. The fraction of sp³-hybridized carbons (Fsp3) is 0.667. The van der Waals surface area contributed by atoms with E-state index in [1.54, 1.807) is 33.9 Å². The average Bonchev–Trinajstić information content (AvgIpc) is 2.94. The topological polar surface area (TPSA) is 128 Å². The number of carbonyl (C=O) groups excluding carboxylic acids is 1. The minimum Gasteiger partial charge on any atom is -0.462 e. The Morgan fingerprint density at radius 2 is 2.28 bits per heavy atom. The van der Waals surface area contributed by atoms with Gasteiger partial charge >= 0.3 is 11.7 Å². The van der Waals surface area contributed by atoms with E-state index in [4.69, 9.17) is 19.8 Å². The molecule has 0 amide bonds. The maximum Gasteiger partial charge on any atom is 0.349 e. The molecule has 0 aliphatic carbocycles. The summed E-state index contributed by atoms with van der Waals surface area (Å²) >= 11 is 0. The van der Waals surface area contributed by atoms with Crippen molar-refractivity contribution in [2.24, 2.45) is 10.7 Å². The SMILES string of the molecule is Cc1cnc(=O)n([C@H]2C[C@H](ON=[N+]=[N-])[C@@H](COC(=O)C(C)(C)C)O2)c1. The van der Waals surface area contributed by atoms with Gasteiger partial charge in [-0.15, -0.1) is 0 Å². The molecule has 136 valence electrons. The minimum absolute atomic E-state index is 0.0772. The van der Waals surface area contributed by atoms with Crippen LogP contribution in [0.4, 0.5) is 0 Å². The van der Waals surface area contributed by atoms with Gasteiger partial charge in [-0.2, -0.15) is 0 Å². The Labute approximate surface area is 144 Å². The number of hydrogen-bond acceptors (Lipinski definition) is 7. The van der Waals surface area contributed by atoms with Crippen molar-refractivity contribution in [3.8, 4) is 0 Å². The van der Waals surface area contributed by atoms with Crippen molar-refractivity contribution in [3.63, 3.8) is 0 Å². The molecular weight excluding hydrogens is 330 g/mol. The van der Waals surface area contributed by atoms with Crippen LogP contribution in [0.15, 0.2) is 22.5 Å². The molecule has 2 heterocycles. The molecule has 0 N–H and O–H groups in total. The van der Waals surface area contributed by atoms with Gasteiger partial charge in [-0.25, -0.2) is 9.78 Å². The highest BCUT2D eigenvalue weighted by molar-refractivity contribution is 5.75. The second kappa shape index (κ2) is 7.54. The molecule has 1 aromatic heterocycles. The van der Waals surface area contributed by atoms with E-state index in [1.807, 2.05) is 0 Å². The van der Waals surface area contributed by atoms with Crippen LogP contribution in [-0.4, -0.2) is 34.3 Å². The molecular formula is C15H21N5O5. The Bertz CT molecular complexity index is 735. The zero-order valence-electron chi connectivity index (χ0n) is 14.6. The number of azide groups is 1. The fourth-order valence-corrected chi connectivity index (χ4v) is 2.33. The molecule has 25 heavy (non-hydrogen) atoms. The van der Waals surface area contributed by atoms with Crippen LogP contribution in [-0.2, 0) is 19.1 Å². The lowest BCUT2D eigenvalue weighted by atomic mass is 9.97. The first-order valence-corrected chi connectivity index (χ1v) is 7.80. The number of aromatic nitrogens is 2. The number of aryl methyl sites for hydroxylation is 1. The highest BCUT2D eigenvalue weighted by Crippen LogP contribution is 2.31. The van der Waals surface area contributed by atoms with Crippen molar-refractivity contribution >= 4 is 5.97 Å². The van der Waals surface area contributed by atoms with Crippen LogP contribution in [0.1, 0.15) is 39.0 Å². The third kappa shape index (κ3) is 4.71. The second-order valence-corrected chi connectivity index (χ2v) is 6.85. The third-order valence-corrected chi connectivity index (χ3v) is 3.64. The standard InChI is InChI=1S/C15H21N5O5/c1-9-6-17-14(22)20(7-9)12-5-10(25-19-18-16)11(24-12)8-23-13(21)15(2,3)4/h6-7,10-12H,5,8H2,1-4H3/t10-,11+,12+/m0/s1. The Kier molecular flexibility index (Phi) is 5.66. The van der Waals surface area contributed by atoms with Crippen molar-refractivity contribution in [2.45, 2.75) is 52.6 Å². The van der Waals surface area contributed by atoms with Crippen molar-refractivity contribution in [1.82, 2.24) is 9.55 Å². The van der Waals surface area contributed by atoms with E-state index >= 15 is 0 Å². The molecule has 1 aliphatic heterocycles. The van der Waals surface area contributed by atoms with Crippen molar-refractivity contribution in [1.29, 1.82) is 0 Å². The molecule has 0 spiro atoms. The first-order valence-electron chi connectivity index (χ1n) is 7.80. The maximum absolute atomic E-state index is 11.9. The zero-order chi connectivity index (χ0) is 18.6. The molecule has 2 rings (SSSR count). The second-order valence-electron chi connectivity index (χ2n) is 6.85. The number of hydrogen-bond donors (Lipinski definition) is 0. The quantitative estimate of drug-likeness (QED) is 0.262. The Morgan fingerprint density at radius 3 is 2.92 bits per heavy atom. The van der Waals surface area contributed by atoms with E-state index in [0.717, 1.165) is 5.56 Å². The fourth-order valence-electron chi connectivity index (χ4n) is 2.33. The van der Waals surface area contributed by atoms with Gasteiger partial charge in [-0.05, 0) is 38.8 Å². The number of carbonyl (C=O) groups is 1. The highest BCUT2D eigenvalue weighted by atomic mass is 16.7. The predicted octanol–water partition coefficient (Wildman–Crippen LogP) is 2.04. The van der Waals surface area contributed by atoms with Crippen LogP contribution in [0.3, 0.4) is 0 Å². The smallest absolute Gasteiger partial charge is 0.349 e. The summed E-state index contributed by atoms with van der Waals surface area (Å²) < 4.78 is 12.4. The summed E-state index contributed by atoms with van der Waals surface area (Å²) in [5.74, 6) is -0.392. The Morgan fingerprint density at radius 1 is 1.56 bits per heavy atom. The molecule has 1 aromatic rings. The van der Waals surface area contributed by atoms with Gasteiger partial charge in [0.25, 0.3) is 0 Å². The zero-order valence-corrected chi connectivity index (χ0v) is 14.6. The molecule has 10 nitrogen and oxygen atoms in total. The first kappa shape index (κ1) is 18.8. The monoisotopic (exact) mass is 351 g/mol. The van der Waals surface area contributed by atoms with E-state index in [0.29, 0.717) is 0 Å². The highest BCUT2D eigenvalue weighted by Gasteiger charge is 2.39. The molecule has 3 atom stereocenters. The molecule has 0 radical (unpaired) electrons. The van der Waals surface area contributed by atoms with Crippen molar-refractivity contribution in [3.05, 3.63) is 38.9 Å². The van der Waals surface area contributed by atoms with E-state index < -0.39 is 35.5 Å². The summed E-state index contributed by atoms with van der Waals surface area (Å²) in [4.78, 5) is 35.3. The first-order chi connectivity index (χ1) is 11.7. The number of rotatable bonds is 5. The molecule has 0 bridgehead atoms. The van der Waals surface area contributed by atoms with Gasteiger partial charge in [0.2, 0.25) is 0 Å². The van der Waals surface area contributed by atoms with Crippen molar-refractivity contribution < 1.29 is 19.1 Å². The van der Waals surface area contributed by atoms with Gasteiger partial charge in [-0.1, -0.05) is 0 Å². The normalized spacial score (nSPS) is 23.0. The minimum atomic E-state index is -0.672. The molecule has 1 fully saturated rings. The summed E-state index contributed by atoms with van der Waals surface area (Å²) in [5.41, 5.74) is 8.11. The average molecular weight is 351 g/mol. The lowest BCUT2D eigenvalue weighted by Gasteiger charge is -2.21. The Balaban J connectivity index is 2.14. The molecule has 10 heteroatoms. The third-order valence-electron chi connectivity index (χ3n) is 3.64. The lowest BCUT2D eigenvalue weighted by Crippen LogP contribution is -2.32. The summed E-state index contributed by atoms with van der Waals surface area (Å²) in [6.07, 6.45) is 1.35. The van der Waals surface area contributed by atoms with Crippen LogP contribution < -0.4 is 5.69 Å². The van der Waals surface area contributed by atoms with Crippen LogP contribution in [0.25, 0.3) is 10.4 Å². The largest absolute Gasteiger partial charge is 0.462 e. The number of nitrogens with zero attached hydrogens (tertiary/aromatic N) is 5. The van der Waals surface area contributed by atoms with E-state index in [1.165, 1.54) is 10.8 Å². The summed E-state index contributed by atoms with van der Waals surface area (Å²) in [6.45, 7) is 6.93. The summed E-state index contributed by atoms with van der Waals surface area (Å²) in [6, 6.07) is 0. The van der Waals surface area contributed by atoms with Crippen LogP contribution in [0, 0.1) is 12.3 Å². The van der Waals surface area contributed by atoms with Crippen LogP contribution in [0.2, 0.25) is 0 Å². The Hall–Kier alpha value is -2.58. The van der Waals surface area contributed by atoms with Gasteiger partial charge in [0.15, 0.2) is 0 Å². The lowest BCUT2D eigenvalue weighted by molar-refractivity contribution is -0.160. The maximum atomic E-state index is 11.9. The molecule has 0 unspecified atom stereocenters. The predicted molar refractivity (Wildman–Crippen MR) is 86.2 cm³/mol. The van der Waals surface area contributed by atoms with Crippen molar-refractivity contribution in [2.75, 3.05) is 6.61 Å². The molecule has 1 saturated heterocycles. The van der Waals surface area contributed by atoms with E-state index in [-0.39, 0.29) is 13.0 Å².